The number of hydrogen-bond donors (Lipinski definition) is 2. The molecule has 1 aromatic rings. The van der Waals surface area contributed by atoms with Crippen LogP contribution >= 0.6 is 0 Å². The van der Waals surface area contributed by atoms with E-state index in [1.54, 1.807) is 6.07 Å². The maximum atomic E-state index is 10.5. The number of hydrogen-bond acceptors (Lipinski definition) is 3. The number of anilines is 1. The standard InChI is InChI=1S/C7H8N2O2/c1-5(10)9-7-6(11)3-2-4-8-7/h2-4,11H,1H3,(H,8,9,10). The molecule has 0 aliphatic carbocycles. The van der Waals surface area contributed by atoms with Crippen LogP contribution in [0.4, 0.5) is 5.82 Å². The number of carbonyl (C=O) groups is 1. The molecule has 0 aliphatic rings. The van der Waals surface area contributed by atoms with Crippen molar-refractivity contribution >= 4 is 11.7 Å². The van der Waals surface area contributed by atoms with Gasteiger partial charge in [0, 0.05) is 13.1 Å². The average Bonchev–Trinajstić information content (AvgIpc) is 1.93. The Balaban J connectivity index is 2.86. The lowest BCUT2D eigenvalue weighted by molar-refractivity contribution is -0.114. The number of aromatic nitrogens is 1. The minimum atomic E-state index is -0.251. The molecule has 1 heterocycles. The van der Waals surface area contributed by atoms with Gasteiger partial charge < -0.3 is 10.4 Å². The first-order valence-corrected chi connectivity index (χ1v) is 3.11. The van der Waals surface area contributed by atoms with E-state index in [0.717, 1.165) is 0 Å². The van der Waals surface area contributed by atoms with Gasteiger partial charge in [-0.2, -0.15) is 0 Å². The van der Waals surface area contributed by atoms with E-state index in [0.29, 0.717) is 0 Å². The van der Waals surface area contributed by atoms with E-state index in [-0.39, 0.29) is 17.5 Å². The lowest BCUT2D eigenvalue weighted by Gasteiger charge is -2.01. The first-order chi connectivity index (χ1) is 5.20. The number of pyridine rings is 1. The minimum absolute atomic E-state index is 0.0253. The smallest absolute Gasteiger partial charge is 0.222 e. The Morgan fingerprint density at radius 3 is 3.00 bits per heavy atom. The SMILES string of the molecule is CC(=O)Nc1ncccc1O. The summed E-state index contributed by atoms with van der Waals surface area (Å²) in [5.41, 5.74) is 0. The topological polar surface area (TPSA) is 62.2 Å². The lowest BCUT2D eigenvalue weighted by atomic mass is 10.4. The van der Waals surface area contributed by atoms with Crippen molar-refractivity contribution < 1.29 is 9.90 Å². The molecule has 1 aromatic heterocycles. The predicted molar refractivity (Wildman–Crippen MR) is 40.2 cm³/mol. The molecule has 0 spiro atoms. The molecule has 1 rings (SSSR count). The largest absolute Gasteiger partial charge is 0.504 e. The summed E-state index contributed by atoms with van der Waals surface area (Å²) in [5.74, 6) is -0.0818. The summed E-state index contributed by atoms with van der Waals surface area (Å²) in [5, 5.41) is 11.5. The fraction of sp³-hybridized carbons (Fsp3) is 0.143. The van der Waals surface area contributed by atoms with E-state index in [1.165, 1.54) is 19.2 Å². The summed E-state index contributed by atoms with van der Waals surface area (Å²) in [4.78, 5) is 14.2. The van der Waals surface area contributed by atoms with Gasteiger partial charge in [0.25, 0.3) is 0 Å². The van der Waals surface area contributed by atoms with Crippen LogP contribution in [0.1, 0.15) is 6.92 Å². The third-order valence-electron chi connectivity index (χ3n) is 1.08. The highest BCUT2D eigenvalue weighted by molar-refractivity contribution is 5.88. The van der Waals surface area contributed by atoms with Crippen molar-refractivity contribution in [2.45, 2.75) is 6.92 Å². The van der Waals surface area contributed by atoms with E-state index < -0.39 is 0 Å². The highest BCUT2D eigenvalue weighted by Crippen LogP contribution is 2.17. The Morgan fingerprint density at radius 2 is 2.45 bits per heavy atom. The Kier molecular flexibility index (Phi) is 2.06. The monoisotopic (exact) mass is 152 g/mol. The lowest BCUT2D eigenvalue weighted by Crippen LogP contribution is -2.07. The van der Waals surface area contributed by atoms with Gasteiger partial charge in [-0.3, -0.25) is 4.79 Å². The van der Waals surface area contributed by atoms with Crippen LogP contribution in [0.5, 0.6) is 5.75 Å². The van der Waals surface area contributed by atoms with Crippen LogP contribution in [0.25, 0.3) is 0 Å². The highest BCUT2D eigenvalue weighted by atomic mass is 16.3. The first kappa shape index (κ1) is 7.53. The molecular formula is C7H8N2O2. The van der Waals surface area contributed by atoms with E-state index >= 15 is 0 Å². The molecule has 0 unspecified atom stereocenters. The highest BCUT2D eigenvalue weighted by Gasteiger charge is 2.00. The predicted octanol–water partition coefficient (Wildman–Crippen LogP) is 0.746. The van der Waals surface area contributed by atoms with Gasteiger partial charge >= 0.3 is 0 Å². The first-order valence-electron chi connectivity index (χ1n) is 3.11. The molecule has 0 bridgehead atoms. The van der Waals surface area contributed by atoms with Crippen molar-refractivity contribution in [3.05, 3.63) is 18.3 Å². The summed E-state index contributed by atoms with van der Waals surface area (Å²) in [6.45, 7) is 1.36. The van der Waals surface area contributed by atoms with E-state index in [2.05, 4.69) is 10.3 Å². The molecule has 58 valence electrons. The summed E-state index contributed by atoms with van der Waals surface area (Å²) < 4.78 is 0. The van der Waals surface area contributed by atoms with Crippen LogP contribution in [-0.2, 0) is 4.79 Å². The summed E-state index contributed by atoms with van der Waals surface area (Å²) in [6.07, 6.45) is 1.49. The second kappa shape index (κ2) is 3.01. The molecule has 11 heavy (non-hydrogen) atoms. The number of nitrogens with zero attached hydrogens (tertiary/aromatic N) is 1. The molecule has 2 N–H and O–H groups in total. The Bertz CT molecular complexity index is 273. The zero-order valence-electron chi connectivity index (χ0n) is 6.03. The van der Waals surface area contributed by atoms with Gasteiger partial charge in [0.2, 0.25) is 5.91 Å². The second-order valence-electron chi connectivity index (χ2n) is 2.05. The molecule has 1 amide bonds. The molecule has 0 aromatic carbocycles. The van der Waals surface area contributed by atoms with Crippen molar-refractivity contribution in [1.82, 2.24) is 4.98 Å². The van der Waals surface area contributed by atoms with Crippen LogP contribution in [0.2, 0.25) is 0 Å². The van der Waals surface area contributed by atoms with Gasteiger partial charge in [0.1, 0.15) is 0 Å². The summed E-state index contributed by atoms with van der Waals surface area (Å²) >= 11 is 0. The number of nitrogens with one attached hydrogen (secondary N) is 1. The molecule has 4 heteroatoms. The normalized spacial score (nSPS) is 9.18. The zero-order chi connectivity index (χ0) is 8.27. The second-order valence-corrected chi connectivity index (χ2v) is 2.05. The summed E-state index contributed by atoms with van der Waals surface area (Å²) in [7, 11) is 0. The van der Waals surface area contributed by atoms with Crippen molar-refractivity contribution in [2.75, 3.05) is 5.32 Å². The molecule has 0 aliphatic heterocycles. The van der Waals surface area contributed by atoms with Gasteiger partial charge in [0.05, 0.1) is 0 Å². The van der Waals surface area contributed by atoms with Crippen LogP contribution in [-0.4, -0.2) is 16.0 Å². The number of rotatable bonds is 1. The molecule has 0 fully saturated rings. The van der Waals surface area contributed by atoms with E-state index in [1.807, 2.05) is 0 Å². The minimum Gasteiger partial charge on any atom is -0.504 e. The fourth-order valence-corrected chi connectivity index (χ4v) is 0.660. The van der Waals surface area contributed by atoms with E-state index in [4.69, 9.17) is 5.11 Å². The van der Waals surface area contributed by atoms with Crippen molar-refractivity contribution in [3.8, 4) is 5.75 Å². The molecule has 0 radical (unpaired) electrons. The number of aromatic hydroxyl groups is 1. The number of carbonyl (C=O) groups excluding carboxylic acids is 1. The van der Waals surface area contributed by atoms with Gasteiger partial charge in [0.15, 0.2) is 11.6 Å². The van der Waals surface area contributed by atoms with Gasteiger partial charge in [-0.1, -0.05) is 0 Å². The van der Waals surface area contributed by atoms with Crippen LogP contribution in [0, 0.1) is 0 Å². The third-order valence-corrected chi connectivity index (χ3v) is 1.08. The fourth-order valence-electron chi connectivity index (χ4n) is 0.660. The van der Waals surface area contributed by atoms with Crippen molar-refractivity contribution in [2.24, 2.45) is 0 Å². The Hall–Kier alpha value is -1.58. The van der Waals surface area contributed by atoms with Crippen LogP contribution in [0.15, 0.2) is 18.3 Å². The molecular weight excluding hydrogens is 144 g/mol. The van der Waals surface area contributed by atoms with Crippen LogP contribution in [0.3, 0.4) is 0 Å². The Morgan fingerprint density at radius 1 is 1.73 bits per heavy atom. The molecule has 4 nitrogen and oxygen atoms in total. The molecule has 0 saturated carbocycles. The van der Waals surface area contributed by atoms with Gasteiger partial charge in [-0.25, -0.2) is 4.98 Å². The molecule has 0 atom stereocenters. The van der Waals surface area contributed by atoms with Crippen molar-refractivity contribution in [3.63, 3.8) is 0 Å². The van der Waals surface area contributed by atoms with E-state index in [9.17, 15) is 4.79 Å². The maximum absolute atomic E-state index is 10.5. The molecule has 0 saturated heterocycles. The third kappa shape index (κ3) is 1.93. The average molecular weight is 152 g/mol. The maximum Gasteiger partial charge on any atom is 0.222 e. The van der Waals surface area contributed by atoms with Crippen LogP contribution < -0.4 is 5.32 Å². The van der Waals surface area contributed by atoms with Crippen molar-refractivity contribution in [1.29, 1.82) is 0 Å². The van der Waals surface area contributed by atoms with Gasteiger partial charge in [-0.05, 0) is 12.1 Å². The summed E-state index contributed by atoms with van der Waals surface area (Å²) in [6, 6.07) is 3.04. The number of amides is 1. The van der Waals surface area contributed by atoms with Gasteiger partial charge in [-0.15, -0.1) is 0 Å². The quantitative estimate of drug-likeness (QED) is 0.624. The Labute approximate surface area is 63.9 Å². The zero-order valence-corrected chi connectivity index (χ0v) is 6.03.